The van der Waals surface area contributed by atoms with Crippen LogP contribution < -0.4 is 19.7 Å². The quantitative estimate of drug-likeness (QED) is 0.221. The van der Waals surface area contributed by atoms with E-state index >= 15 is 0 Å². The monoisotopic (exact) mass is 651 g/mol. The van der Waals surface area contributed by atoms with Gasteiger partial charge in [0.15, 0.2) is 17.7 Å². The Hall–Kier alpha value is -3.66. The molecular weight excluding hydrogens is 617 g/mol. The van der Waals surface area contributed by atoms with Crippen molar-refractivity contribution in [3.8, 4) is 29.0 Å². The van der Waals surface area contributed by atoms with Crippen molar-refractivity contribution < 1.29 is 19.3 Å². The minimum atomic E-state index is -0.515. The van der Waals surface area contributed by atoms with Gasteiger partial charge in [0.1, 0.15) is 23.7 Å². The van der Waals surface area contributed by atoms with Crippen LogP contribution in [-0.4, -0.2) is 70.4 Å². The fourth-order valence-corrected chi connectivity index (χ4v) is 6.78. The zero-order valence-corrected chi connectivity index (χ0v) is 26.9. The second-order valence-electron chi connectivity index (χ2n) is 11.7. The molecular formula is C32H35Cl2N7O4. The maximum atomic E-state index is 9.92. The summed E-state index contributed by atoms with van der Waals surface area (Å²) in [5.74, 6) is 1.59. The maximum absolute atomic E-state index is 9.92. The molecule has 11 nitrogen and oxygen atoms in total. The highest BCUT2D eigenvalue weighted by Crippen LogP contribution is 2.42. The molecule has 236 valence electrons. The van der Waals surface area contributed by atoms with Gasteiger partial charge in [-0.15, -0.1) is 0 Å². The van der Waals surface area contributed by atoms with E-state index < -0.39 is 6.10 Å². The fraction of sp³-hybridized carbons (Fsp3) is 0.438. The first-order valence-electron chi connectivity index (χ1n) is 14.9. The molecule has 0 bridgehead atoms. The summed E-state index contributed by atoms with van der Waals surface area (Å²) >= 11 is 12.9. The molecule has 1 unspecified atom stereocenters. The Kier molecular flexibility index (Phi) is 9.04. The molecule has 45 heavy (non-hydrogen) atoms. The Morgan fingerprint density at radius 3 is 2.64 bits per heavy atom. The minimum absolute atomic E-state index is 0.0606. The van der Waals surface area contributed by atoms with Gasteiger partial charge >= 0.3 is 0 Å². The number of hydrogen-bond acceptors (Lipinski definition) is 10. The second kappa shape index (κ2) is 13.0. The summed E-state index contributed by atoms with van der Waals surface area (Å²) < 4.78 is 20.3. The molecule has 0 spiro atoms. The molecule has 2 atom stereocenters. The maximum Gasteiger partial charge on any atom is 0.162 e. The summed E-state index contributed by atoms with van der Waals surface area (Å²) in [6, 6.07) is 9.69. The SMILES string of the molecule is COc1cc2c(cc1O[C@H](C)c1c(Cl)cncc1Cl)c(-c1ccc(C#N)c(N3CC(C)(NCCO)C3)n1)nn2C1CCCCO1. The highest BCUT2D eigenvalue weighted by Gasteiger charge is 2.40. The minimum Gasteiger partial charge on any atom is -0.493 e. The van der Waals surface area contributed by atoms with Crippen molar-refractivity contribution in [3.05, 3.63) is 57.8 Å². The Bertz CT molecular complexity index is 1730. The van der Waals surface area contributed by atoms with Crippen LogP contribution in [-0.2, 0) is 4.74 Å². The van der Waals surface area contributed by atoms with Crippen LogP contribution in [0.3, 0.4) is 0 Å². The topological polar surface area (TPSA) is 131 Å². The largest absolute Gasteiger partial charge is 0.493 e. The first kappa shape index (κ1) is 31.3. The smallest absolute Gasteiger partial charge is 0.162 e. The Balaban J connectivity index is 1.44. The molecule has 2 aliphatic rings. The summed E-state index contributed by atoms with van der Waals surface area (Å²) in [6.07, 6.45) is 5.17. The van der Waals surface area contributed by atoms with Crippen molar-refractivity contribution in [3.63, 3.8) is 0 Å². The number of aliphatic hydroxyl groups is 1. The number of benzene rings is 1. The summed E-state index contributed by atoms with van der Waals surface area (Å²) in [5, 5.41) is 29.2. The van der Waals surface area contributed by atoms with Gasteiger partial charge in [-0.2, -0.15) is 10.4 Å². The van der Waals surface area contributed by atoms with Crippen LogP contribution in [0.2, 0.25) is 10.0 Å². The lowest BCUT2D eigenvalue weighted by Crippen LogP contribution is -2.68. The van der Waals surface area contributed by atoms with E-state index in [2.05, 4.69) is 28.2 Å². The van der Waals surface area contributed by atoms with Gasteiger partial charge in [0.05, 0.1) is 46.1 Å². The van der Waals surface area contributed by atoms with E-state index in [1.54, 1.807) is 13.2 Å². The number of β-amino-alcohol motifs (C(OH)–C–C–N with tert-alkyl or cyclic N) is 1. The first-order valence-corrected chi connectivity index (χ1v) is 15.7. The van der Waals surface area contributed by atoms with Crippen LogP contribution in [0.4, 0.5) is 5.82 Å². The summed E-state index contributed by atoms with van der Waals surface area (Å²) in [4.78, 5) is 11.1. The molecule has 13 heteroatoms. The van der Waals surface area contributed by atoms with Gasteiger partial charge in [0, 0.05) is 55.7 Å². The third kappa shape index (κ3) is 6.13. The predicted octanol–water partition coefficient (Wildman–Crippen LogP) is 5.68. The van der Waals surface area contributed by atoms with Gasteiger partial charge in [0.25, 0.3) is 0 Å². The molecule has 3 aromatic heterocycles. The van der Waals surface area contributed by atoms with Crippen molar-refractivity contribution in [2.75, 3.05) is 44.9 Å². The third-order valence-electron chi connectivity index (χ3n) is 8.30. The van der Waals surface area contributed by atoms with Crippen LogP contribution in [0, 0.1) is 11.3 Å². The second-order valence-corrected chi connectivity index (χ2v) is 12.5. The average Bonchev–Trinajstić information content (AvgIpc) is 3.40. The van der Waals surface area contributed by atoms with Crippen LogP contribution in [0.5, 0.6) is 11.5 Å². The van der Waals surface area contributed by atoms with E-state index in [0.29, 0.717) is 76.1 Å². The number of aromatic nitrogens is 4. The lowest BCUT2D eigenvalue weighted by atomic mass is 9.91. The molecule has 0 aliphatic carbocycles. The summed E-state index contributed by atoms with van der Waals surface area (Å²) in [5.41, 5.74) is 2.98. The zero-order chi connectivity index (χ0) is 31.7. The van der Waals surface area contributed by atoms with Crippen molar-refractivity contribution in [1.29, 1.82) is 5.26 Å². The summed E-state index contributed by atoms with van der Waals surface area (Å²) in [6.45, 7) is 6.47. The number of methoxy groups -OCH3 is 1. The molecule has 1 aromatic carbocycles. The van der Waals surface area contributed by atoms with Crippen LogP contribution in [0.1, 0.15) is 56.6 Å². The number of nitrogens with one attached hydrogen (secondary N) is 1. The number of halogens is 2. The van der Waals surface area contributed by atoms with Gasteiger partial charge in [-0.1, -0.05) is 23.2 Å². The van der Waals surface area contributed by atoms with E-state index in [1.165, 1.54) is 12.4 Å². The Morgan fingerprint density at radius 2 is 1.98 bits per heavy atom. The standard InChI is InChI=1S/C32H35Cl2N7O4/c1-19(29-22(33)15-36-16-23(29)34)45-27-12-21-25(13-26(27)43-3)41(28-6-4-5-11-44-28)39-30(21)24-8-7-20(14-35)31(38-24)40-17-32(2,18-40)37-9-10-42/h7-8,12-13,15-16,19,28,37,42H,4-6,9-11,17-18H2,1-3H3/t19-,28?/m1/s1. The number of hydrogen-bond donors (Lipinski definition) is 2. The van der Waals surface area contributed by atoms with Crippen LogP contribution in [0.15, 0.2) is 36.7 Å². The van der Waals surface area contributed by atoms with E-state index in [-0.39, 0.29) is 18.4 Å². The third-order valence-corrected chi connectivity index (χ3v) is 8.90. The zero-order valence-electron chi connectivity index (χ0n) is 25.4. The van der Waals surface area contributed by atoms with Crippen molar-refractivity contribution >= 4 is 39.9 Å². The van der Waals surface area contributed by atoms with Gasteiger partial charge in [-0.25, -0.2) is 9.67 Å². The van der Waals surface area contributed by atoms with E-state index in [1.807, 2.05) is 29.8 Å². The lowest BCUT2D eigenvalue weighted by molar-refractivity contribution is -0.0365. The highest BCUT2D eigenvalue weighted by molar-refractivity contribution is 6.35. The Morgan fingerprint density at radius 1 is 1.20 bits per heavy atom. The van der Waals surface area contributed by atoms with Gasteiger partial charge in [0.2, 0.25) is 0 Å². The molecule has 0 radical (unpaired) electrons. The first-order chi connectivity index (χ1) is 21.7. The van der Waals surface area contributed by atoms with Crippen molar-refractivity contribution in [1.82, 2.24) is 25.1 Å². The highest BCUT2D eigenvalue weighted by atomic mass is 35.5. The van der Waals surface area contributed by atoms with E-state index in [4.69, 9.17) is 47.5 Å². The molecule has 6 rings (SSSR count). The molecule has 2 fully saturated rings. The molecule has 0 saturated carbocycles. The Labute approximate surface area is 271 Å². The van der Waals surface area contributed by atoms with E-state index in [0.717, 1.165) is 30.2 Å². The van der Waals surface area contributed by atoms with Gasteiger partial charge < -0.3 is 29.5 Å². The number of nitrogens with zero attached hydrogens (tertiary/aromatic N) is 6. The number of ether oxygens (including phenoxy) is 3. The molecule has 2 saturated heterocycles. The number of pyridine rings is 2. The average molecular weight is 653 g/mol. The van der Waals surface area contributed by atoms with Gasteiger partial charge in [-0.05, 0) is 51.3 Å². The predicted molar refractivity (Wildman–Crippen MR) is 172 cm³/mol. The number of rotatable bonds is 10. The van der Waals surface area contributed by atoms with Crippen LogP contribution in [0.25, 0.3) is 22.3 Å². The molecule has 2 N–H and O–H groups in total. The fourth-order valence-electron chi connectivity index (χ4n) is 6.10. The number of anilines is 1. The normalized spacial score (nSPS) is 18.3. The lowest BCUT2D eigenvalue weighted by Gasteiger charge is -2.49. The number of nitriles is 1. The molecule has 5 heterocycles. The molecule has 4 aromatic rings. The van der Waals surface area contributed by atoms with Gasteiger partial charge in [-0.3, -0.25) is 4.98 Å². The number of aliphatic hydroxyl groups excluding tert-OH is 1. The molecule has 0 amide bonds. The van der Waals surface area contributed by atoms with E-state index in [9.17, 15) is 10.4 Å². The summed E-state index contributed by atoms with van der Waals surface area (Å²) in [7, 11) is 1.59. The van der Waals surface area contributed by atoms with Crippen molar-refractivity contribution in [2.45, 2.75) is 51.0 Å². The number of fused-ring (bicyclic) bond motifs is 1. The molecule has 2 aliphatic heterocycles. The van der Waals surface area contributed by atoms with Crippen LogP contribution >= 0.6 is 23.2 Å². The van der Waals surface area contributed by atoms with Crippen molar-refractivity contribution in [2.24, 2.45) is 0 Å².